The van der Waals surface area contributed by atoms with Crippen LogP contribution in [0.15, 0.2) is 18.2 Å². The maximum atomic E-state index is 11.2. The Kier molecular flexibility index (Phi) is 3.49. The molecular formula is C11H12ClN3OS. The number of hydrogen-bond acceptors (Lipinski definition) is 2. The molecule has 0 aliphatic heterocycles. The van der Waals surface area contributed by atoms with Crippen LogP contribution in [0.3, 0.4) is 0 Å². The number of nitrogens with one attached hydrogen (secondary N) is 2. The fourth-order valence-corrected chi connectivity index (χ4v) is 2.30. The van der Waals surface area contributed by atoms with Crippen LogP contribution in [-0.4, -0.2) is 22.5 Å². The Morgan fingerprint density at radius 3 is 3.06 bits per heavy atom. The van der Waals surface area contributed by atoms with Crippen LogP contribution in [0, 0.1) is 4.77 Å². The molecule has 1 aromatic heterocycles. The monoisotopic (exact) mass is 269 g/mol. The highest BCUT2D eigenvalue weighted by molar-refractivity contribution is 7.71. The first-order valence-electron chi connectivity index (χ1n) is 5.21. The maximum absolute atomic E-state index is 11.2. The summed E-state index contributed by atoms with van der Waals surface area (Å²) in [6, 6.07) is 5.58. The molecule has 0 atom stereocenters. The predicted molar refractivity (Wildman–Crippen MR) is 70.8 cm³/mol. The number of rotatable bonds is 3. The largest absolute Gasteiger partial charge is 0.359 e. The lowest BCUT2D eigenvalue weighted by atomic mass is 10.3. The molecule has 0 aliphatic rings. The van der Waals surface area contributed by atoms with Gasteiger partial charge >= 0.3 is 0 Å². The highest BCUT2D eigenvalue weighted by Gasteiger charge is 2.08. The molecule has 0 spiro atoms. The number of H-pyrrole nitrogens is 1. The molecule has 2 rings (SSSR count). The van der Waals surface area contributed by atoms with Gasteiger partial charge in [0.25, 0.3) is 0 Å². The Bertz CT molecular complexity index is 617. The Balaban J connectivity index is 2.42. The topological polar surface area (TPSA) is 49.8 Å². The molecule has 0 aliphatic carbocycles. The molecule has 2 aromatic rings. The van der Waals surface area contributed by atoms with Gasteiger partial charge in [0.15, 0.2) is 4.77 Å². The third kappa shape index (κ3) is 2.35. The number of aromatic nitrogens is 2. The van der Waals surface area contributed by atoms with Gasteiger partial charge in [0, 0.05) is 20.0 Å². The number of nitrogens with zero attached hydrogens (tertiary/aromatic N) is 1. The number of aromatic amines is 1. The van der Waals surface area contributed by atoms with Crippen LogP contribution in [0.4, 0.5) is 0 Å². The SMILES string of the molecule is CNC(=O)CCn1c(=S)[nH]c2cccc(Cl)c21. The van der Waals surface area contributed by atoms with Crippen LogP contribution in [0.1, 0.15) is 6.42 Å². The summed E-state index contributed by atoms with van der Waals surface area (Å²) in [4.78, 5) is 14.3. The van der Waals surface area contributed by atoms with Crippen molar-refractivity contribution in [2.75, 3.05) is 7.05 Å². The minimum atomic E-state index is -0.0201. The molecule has 1 aromatic carbocycles. The summed E-state index contributed by atoms with van der Waals surface area (Å²) in [7, 11) is 1.61. The summed E-state index contributed by atoms with van der Waals surface area (Å²) in [5, 5.41) is 3.21. The summed E-state index contributed by atoms with van der Waals surface area (Å²) >= 11 is 11.4. The van der Waals surface area contributed by atoms with Crippen LogP contribution in [-0.2, 0) is 11.3 Å². The second-order valence-electron chi connectivity index (χ2n) is 3.64. The van der Waals surface area contributed by atoms with E-state index in [1.165, 1.54) is 0 Å². The molecule has 0 fully saturated rings. The third-order valence-corrected chi connectivity index (χ3v) is 3.21. The minimum absolute atomic E-state index is 0.0201. The lowest BCUT2D eigenvalue weighted by Gasteiger charge is -2.04. The number of imidazole rings is 1. The summed E-state index contributed by atoms with van der Waals surface area (Å²) in [5.74, 6) is -0.0201. The fraction of sp³-hybridized carbons (Fsp3) is 0.273. The van der Waals surface area contributed by atoms with Gasteiger partial charge in [-0.2, -0.15) is 0 Å². The van der Waals surface area contributed by atoms with Gasteiger partial charge in [-0.15, -0.1) is 0 Å². The van der Waals surface area contributed by atoms with Gasteiger partial charge in [0.2, 0.25) is 5.91 Å². The molecular weight excluding hydrogens is 258 g/mol. The van der Waals surface area contributed by atoms with Gasteiger partial charge in [-0.3, -0.25) is 4.79 Å². The second kappa shape index (κ2) is 4.89. The van der Waals surface area contributed by atoms with Gasteiger partial charge in [-0.05, 0) is 24.4 Å². The summed E-state index contributed by atoms with van der Waals surface area (Å²) in [6.07, 6.45) is 0.378. The van der Waals surface area contributed by atoms with Crippen LogP contribution >= 0.6 is 23.8 Å². The van der Waals surface area contributed by atoms with E-state index in [9.17, 15) is 4.79 Å². The number of hydrogen-bond donors (Lipinski definition) is 2. The van der Waals surface area contributed by atoms with E-state index in [0.29, 0.717) is 22.8 Å². The van der Waals surface area contributed by atoms with Crippen molar-refractivity contribution in [1.29, 1.82) is 0 Å². The smallest absolute Gasteiger partial charge is 0.221 e. The van der Waals surface area contributed by atoms with Crippen molar-refractivity contribution in [2.24, 2.45) is 0 Å². The molecule has 0 unspecified atom stereocenters. The third-order valence-electron chi connectivity index (χ3n) is 2.58. The van der Waals surface area contributed by atoms with Crippen molar-refractivity contribution < 1.29 is 4.79 Å². The number of carbonyl (C=O) groups excluding carboxylic acids is 1. The van der Waals surface area contributed by atoms with Gasteiger partial charge in [-0.1, -0.05) is 17.7 Å². The quantitative estimate of drug-likeness (QED) is 0.841. The number of fused-ring (bicyclic) bond motifs is 1. The zero-order valence-corrected chi connectivity index (χ0v) is 10.9. The van der Waals surface area contributed by atoms with E-state index in [4.69, 9.17) is 23.8 Å². The van der Waals surface area contributed by atoms with Crippen molar-refractivity contribution in [3.05, 3.63) is 28.0 Å². The molecule has 17 heavy (non-hydrogen) atoms. The van der Waals surface area contributed by atoms with E-state index in [0.717, 1.165) is 11.0 Å². The Morgan fingerprint density at radius 2 is 2.35 bits per heavy atom. The molecule has 0 bridgehead atoms. The van der Waals surface area contributed by atoms with Crippen molar-refractivity contribution in [1.82, 2.24) is 14.9 Å². The first-order chi connectivity index (χ1) is 8.13. The van der Waals surface area contributed by atoms with E-state index >= 15 is 0 Å². The Morgan fingerprint density at radius 1 is 1.59 bits per heavy atom. The summed E-state index contributed by atoms with van der Waals surface area (Å²) in [5.41, 5.74) is 1.74. The van der Waals surface area contributed by atoms with Crippen molar-refractivity contribution in [2.45, 2.75) is 13.0 Å². The average molecular weight is 270 g/mol. The summed E-state index contributed by atoms with van der Waals surface area (Å²) < 4.78 is 2.43. The highest BCUT2D eigenvalue weighted by Crippen LogP contribution is 2.23. The second-order valence-corrected chi connectivity index (χ2v) is 4.43. The van der Waals surface area contributed by atoms with Gasteiger partial charge in [0.1, 0.15) is 0 Å². The normalized spacial score (nSPS) is 10.7. The van der Waals surface area contributed by atoms with E-state index in [-0.39, 0.29) is 5.91 Å². The minimum Gasteiger partial charge on any atom is -0.359 e. The average Bonchev–Trinajstić information content (AvgIpc) is 2.63. The number of halogens is 1. The predicted octanol–water partition coefficient (Wildman–Crippen LogP) is 2.49. The van der Waals surface area contributed by atoms with Gasteiger partial charge in [0.05, 0.1) is 16.1 Å². The van der Waals surface area contributed by atoms with Gasteiger partial charge < -0.3 is 14.9 Å². The molecule has 0 radical (unpaired) electrons. The van der Waals surface area contributed by atoms with Crippen LogP contribution in [0.5, 0.6) is 0 Å². The molecule has 0 saturated carbocycles. The lowest BCUT2D eigenvalue weighted by Crippen LogP contribution is -2.19. The molecule has 0 saturated heterocycles. The van der Waals surface area contributed by atoms with Crippen molar-refractivity contribution >= 4 is 40.8 Å². The van der Waals surface area contributed by atoms with E-state index in [2.05, 4.69) is 10.3 Å². The van der Waals surface area contributed by atoms with Crippen molar-refractivity contribution in [3.8, 4) is 0 Å². The Hall–Kier alpha value is -1.33. The number of carbonyl (C=O) groups is 1. The molecule has 2 N–H and O–H groups in total. The van der Waals surface area contributed by atoms with Gasteiger partial charge in [-0.25, -0.2) is 0 Å². The van der Waals surface area contributed by atoms with E-state index < -0.39 is 0 Å². The molecule has 90 valence electrons. The standard InChI is InChI=1S/C11H12ClN3OS/c1-13-9(16)5-6-15-10-7(12)3-2-4-8(10)14-11(15)17/h2-4H,5-6H2,1H3,(H,13,16)(H,14,17). The zero-order chi connectivity index (χ0) is 12.4. The van der Waals surface area contributed by atoms with E-state index in [1.54, 1.807) is 7.05 Å². The first kappa shape index (κ1) is 12.1. The number of benzene rings is 1. The van der Waals surface area contributed by atoms with Crippen LogP contribution in [0.2, 0.25) is 5.02 Å². The fourth-order valence-electron chi connectivity index (χ4n) is 1.73. The highest BCUT2D eigenvalue weighted by atomic mass is 35.5. The van der Waals surface area contributed by atoms with Crippen LogP contribution < -0.4 is 5.32 Å². The zero-order valence-electron chi connectivity index (χ0n) is 9.29. The first-order valence-corrected chi connectivity index (χ1v) is 5.99. The summed E-state index contributed by atoms with van der Waals surface area (Å²) in [6.45, 7) is 0.516. The Labute approximate surface area is 109 Å². The van der Waals surface area contributed by atoms with Crippen LogP contribution in [0.25, 0.3) is 11.0 Å². The number of para-hydroxylation sites is 1. The maximum Gasteiger partial charge on any atom is 0.221 e. The number of aryl methyl sites for hydroxylation is 1. The molecule has 4 nitrogen and oxygen atoms in total. The molecule has 6 heteroatoms. The molecule has 1 amide bonds. The number of amides is 1. The molecule has 1 heterocycles. The van der Waals surface area contributed by atoms with Crippen molar-refractivity contribution in [3.63, 3.8) is 0 Å². The van der Waals surface area contributed by atoms with E-state index in [1.807, 2.05) is 22.8 Å². The lowest BCUT2D eigenvalue weighted by molar-refractivity contribution is -0.120.